The number of aliphatic hydroxyl groups is 1. The second-order valence-electron chi connectivity index (χ2n) is 3.27. The van der Waals surface area contributed by atoms with Crippen LogP contribution in [0.25, 0.3) is 0 Å². The average molecular weight is 251 g/mol. The number of quaternary nitrogens is 1. The fourth-order valence-electron chi connectivity index (χ4n) is 1.43. The first kappa shape index (κ1) is 12.9. The Morgan fingerprint density at radius 3 is 2.92 bits per heavy atom. The van der Waals surface area contributed by atoms with E-state index < -0.39 is 0 Å². The molecule has 0 radical (unpaired) electrons. The molecule has 1 rings (SSSR count). The van der Waals surface area contributed by atoms with Crippen molar-refractivity contribution >= 4 is 0 Å². The molecule has 3 nitrogen and oxygen atoms in total. The van der Waals surface area contributed by atoms with Gasteiger partial charge in [0.15, 0.2) is 6.67 Å². The molecule has 2 N–H and O–H groups in total. The number of halogens is 1. The van der Waals surface area contributed by atoms with E-state index in [1.54, 1.807) is 0 Å². The van der Waals surface area contributed by atoms with Crippen molar-refractivity contribution < 1.29 is 27.0 Å². The van der Waals surface area contributed by atoms with Crippen molar-refractivity contribution in [1.29, 1.82) is 0 Å². The lowest BCUT2D eigenvalue weighted by Gasteiger charge is -2.15. The molecule has 0 aromatic rings. The molecule has 0 bridgehead atoms. The van der Waals surface area contributed by atoms with Crippen LogP contribution in [-0.4, -0.2) is 36.4 Å². The van der Waals surface area contributed by atoms with Crippen molar-refractivity contribution in [3.63, 3.8) is 0 Å². The molecule has 13 heavy (non-hydrogen) atoms. The molecular weight excluding hydrogens is 232 g/mol. The topological polar surface area (TPSA) is 27.9 Å². The number of nitrogens with one attached hydrogen (secondary N) is 1. The molecule has 0 saturated heterocycles. The largest absolute Gasteiger partial charge is 1.00 e. The Bertz CT molecular complexity index is 153. The number of hydrogen-bond acceptors (Lipinski definition) is 2. The number of hydrogen-bond donors (Lipinski definition) is 2. The van der Waals surface area contributed by atoms with Crippen molar-refractivity contribution in [3.05, 3.63) is 12.4 Å². The van der Waals surface area contributed by atoms with Gasteiger partial charge in [-0.1, -0.05) is 13.3 Å². The van der Waals surface area contributed by atoms with Gasteiger partial charge in [0, 0.05) is 6.54 Å². The van der Waals surface area contributed by atoms with Crippen LogP contribution in [0.5, 0.6) is 0 Å². The highest BCUT2D eigenvalue weighted by molar-refractivity contribution is 4.77. The summed E-state index contributed by atoms with van der Waals surface area (Å²) in [5.74, 6) is 0. The third-order valence-corrected chi connectivity index (χ3v) is 2.17. The maximum atomic E-state index is 8.70. The van der Waals surface area contributed by atoms with Crippen molar-refractivity contribution in [2.24, 2.45) is 0 Å². The van der Waals surface area contributed by atoms with Crippen LogP contribution in [0.2, 0.25) is 0 Å². The number of β-amino-alcohol motifs (C(OH)–C–C–N with tert-alkyl or cyclic N) is 1. The van der Waals surface area contributed by atoms with Gasteiger partial charge in [0.2, 0.25) is 0 Å². The predicted octanol–water partition coefficient (Wildman–Crippen LogP) is -3.59. The predicted molar refractivity (Wildman–Crippen MR) is 48.5 cm³/mol. The minimum Gasteiger partial charge on any atom is -1.00 e. The van der Waals surface area contributed by atoms with E-state index in [9.17, 15) is 0 Å². The van der Waals surface area contributed by atoms with Gasteiger partial charge in [-0.05, 0) is 6.42 Å². The van der Waals surface area contributed by atoms with Gasteiger partial charge < -0.3 is 27.0 Å². The molecule has 0 aliphatic carbocycles. The first-order valence-corrected chi connectivity index (χ1v) is 4.74. The summed E-state index contributed by atoms with van der Waals surface area (Å²) in [5.41, 5.74) is 0. The van der Waals surface area contributed by atoms with Crippen molar-refractivity contribution in [2.75, 3.05) is 26.4 Å². The highest BCUT2D eigenvalue weighted by Crippen LogP contribution is 1.89. The quantitative estimate of drug-likeness (QED) is 0.529. The van der Waals surface area contributed by atoms with Gasteiger partial charge in [-0.25, -0.2) is 0 Å². The summed E-state index contributed by atoms with van der Waals surface area (Å²) in [7, 11) is 0. The number of rotatable bonds is 5. The highest BCUT2D eigenvalue weighted by Gasteiger charge is 2.14. The third kappa shape index (κ3) is 4.64. The second-order valence-corrected chi connectivity index (χ2v) is 3.27. The zero-order valence-corrected chi connectivity index (χ0v) is 9.76. The van der Waals surface area contributed by atoms with Gasteiger partial charge in [-0.2, -0.15) is 0 Å². The zero-order valence-electron chi connectivity index (χ0n) is 8.17. The SMILES string of the molecule is CCCC[NH+]1C=CN(CCO)C1.[Br-]. The molecule has 4 heteroatoms. The molecule has 0 spiro atoms. The molecule has 0 amide bonds. The molecule has 1 aliphatic heterocycles. The van der Waals surface area contributed by atoms with Crippen LogP contribution < -0.4 is 21.9 Å². The smallest absolute Gasteiger partial charge is 0.157 e. The Morgan fingerprint density at radius 2 is 2.31 bits per heavy atom. The maximum Gasteiger partial charge on any atom is 0.157 e. The Balaban J connectivity index is 0.00000144. The summed E-state index contributed by atoms with van der Waals surface area (Å²) in [6.45, 7) is 5.48. The van der Waals surface area contributed by atoms with Gasteiger partial charge in [0.25, 0.3) is 0 Å². The molecule has 1 unspecified atom stereocenters. The van der Waals surface area contributed by atoms with Gasteiger partial charge >= 0.3 is 0 Å². The second kappa shape index (κ2) is 7.35. The van der Waals surface area contributed by atoms with Crippen LogP contribution in [0.15, 0.2) is 12.4 Å². The Labute approximate surface area is 90.8 Å². The maximum absolute atomic E-state index is 8.70. The summed E-state index contributed by atoms with van der Waals surface area (Å²) in [6, 6.07) is 0. The van der Waals surface area contributed by atoms with Crippen molar-refractivity contribution in [2.45, 2.75) is 19.8 Å². The van der Waals surface area contributed by atoms with Gasteiger partial charge in [-0.15, -0.1) is 0 Å². The van der Waals surface area contributed by atoms with Crippen LogP contribution in [0.4, 0.5) is 0 Å². The molecule has 1 heterocycles. The highest BCUT2D eigenvalue weighted by atomic mass is 79.9. The summed E-state index contributed by atoms with van der Waals surface area (Å²) < 4.78 is 0. The van der Waals surface area contributed by atoms with E-state index in [0.29, 0.717) is 0 Å². The monoisotopic (exact) mass is 250 g/mol. The minimum absolute atomic E-state index is 0. The molecule has 1 aliphatic rings. The number of aliphatic hydroxyl groups excluding tert-OH is 1. The standard InChI is InChI=1S/C9H18N2O.BrH/c1-2-3-4-10-5-6-11(9-10)7-8-12;/h5-6,12H,2-4,7-9H2,1H3;1H. The summed E-state index contributed by atoms with van der Waals surface area (Å²) >= 11 is 0. The van der Waals surface area contributed by atoms with E-state index in [4.69, 9.17) is 5.11 Å². The third-order valence-electron chi connectivity index (χ3n) is 2.17. The van der Waals surface area contributed by atoms with Crippen LogP contribution in [0.3, 0.4) is 0 Å². The summed E-state index contributed by atoms with van der Waals surface area (Å²) in [6.07, 6.45) is 6.82. The average Bonchev–Trinajstić information content (AvgIpc) is 2.50. The number of unbranched alkanes of at least 4 members (excludes halogenated alkanes) is 1. The molecule has 0 fully saturated rings. The lowest BCUT2D eigenvalue weighted by molar-refractivity contribution is -0.849. The Kier molecular flexibility index (Phi) is 7.32. The van der Waals surface area contributed by atoms with Gasteiger partial charge in [0.1, 0.15) is 6.20 Å². The Morgan fingerprint density at radius 1 is 1.54 bits per heavy atom. The lowest BCUT2D eigenvalue weighted by Crippen LogP contribution is -3.07. The van der Waals surface area contributed by atoms with Crippen LogP contribution in [0, 0.1) is 0 Å². The molecule has 78 valence electrons. The molecule has 0 aromatic carbocycles. The number of nitrogens with zero attached hydrogens (tertiary/aromatic N) is 1. The van der Waals surface area contributed by atoms with E-state index in [1.165, 1.54) is 24.3 Å². The van der Waals surface area contributed by atoms with E-state index >= 15 is 0 Å². The normalized spacial score (nSPS) is 20.5. The first-order valence-electron chi connectivity index (χ1n) is 4.74. The van der Waals surface area contributed by atoms with E-state index in [-0.39, 0.29) is 23.6 Å². The van der Waals surface area contributed by atoms with E-state index in [0.717, 1.165) is 13.2 Å². The summed E-state index contributed by atoms with van der Waals surface area (Å²) in [5, 5.41) is 8.70. The first-order chi connectivity index (χ1) is 5.86. The lowest BCUT2D eigenvalue weighted by atomic mass is 10.3. The molecule has 0 aromatic heterocycles. The molecule has 0 saturated carbocycles. The van der Waals surface area contributed by atoms with Crippen molar-refractivity contribution in [1.82, 2.24) is 4.90 Å². The molecule has 1 atom stereocenters. The zero-order chi connectivity index (χ0) is 8.81. The van der Waals surface area contributed by atoms with Crippen LogP contribution >= 0.6 is 0 Å². The van der Waals surface area contributed by atoms with Crippen molar-refractivity contribution in [3.8, 4) is 0 Å². The fraction of sp³-hybridized carbons (Fsp3) is 0.778. The van der Waals surface area contributed by atoms with Gasteiger partial charge in [0.05, 0.1) is 19.4 Å². The van der Waals surface area contributed by atoms with Crippen LogP contribution in [-0.2, 0) is 0 Å². The van der Waals surface area contributed by atoms with Crippen LogP contribution in [0.1, 0.15) is 19.8 Å². The Hall–Kier alpha value is -0.0600. The fourth-order valence-corrected chi connectivity index (χ4v) is 1.43. The van der Waals surface area contributed by atoms with Gasteiger partial charge in [-0.3, -0.25) is 4.90 Å². The van der Waals surface area contributed by atoms with E-state index in [2.05, 4.69) is 24.2 Å². The minimum atomic E-state index is 0. The summed E-state index contributed by atoms with van der Waals surface area (Å²) in [4.78, 5) is 3.66. The molecular formula is C9H19BrN2O. The van der Waals surface area contributed by atoms with E-state index in [1.807, 2.05) is 0 Å².